The number of aliphatic carboxylic acids is 1. The predicted octanol–water partition coefficient (Wildman–Crippen LogP) is 2.89. The van der Waals surface area contributed by atoms with Crippen LogP contribution in [-0.4, -0.2) is 28.4 Å². The number of hydrogen-bond donors (Lipinski definition) is 1. The van der Waals surface area contributed by atoms with E-state index in [2.05, 4.69) is 15.9 Å². The molecule has 18 heavy (non-hydrogen) atoms. The molecular weight excluding hydrogens is 318 g/mol. The van der Waals surface area contributed by atoms with Crippen LogP contribution < -0.4 is 0 Å². The summed E-state index contributed by atoms with van der Waals surface area (Å²) in [6.07, 6.45) is 0.941. The Morgan fingerprint density at radius 3 is 2.83 bits per heavy atom. The highest BCUT2D eigenvalue weighted by molar-refractivity contribution is 9.11. The maximum absolute atomic E-state index is 11.9. The third-order valence-electron chi connectivity index (χ3n) is 3.10. The van der Waals surface area contributed by atoms with Gasteiger partial charge in [0.15, 0.2) is 0 Å². The van der Waals surface area contributed by atoms with Crippen molar-refractivity contribution in [1.82, 2.24) is 4.90 Å². The first-order valence-corrected chi connectivity index (χ1v) is 7.43. The van der Waals surface area contributed by atoms with E-state index in [0.717, 1.165) is 15.1 Å². The smallest absolute Gasteiger partial charge is 0.309 e. The van der Waals surface area contributed by atoms with E-state index in [4.69, 9.17) is 0 Å². The highest BCUT2D eigenvalue weighted by Gasteiger charge is 2.44. The molecule has 6 heteroatoms. The molecule has 0 bridgehead atoms. The van der Waals surface area contributed by atoms with E-state index < -0.39 is 11.9 Å². The third-order valence-corrected chi connectivity index (χ3v) is 4.79. The van der Waals surface area contributed by atoms with Crippen LogP contribution in [0, 0.1) is 5.92 Å². The van der Waals surface area contributed by atoms with Crippen molar-refractivity contribution in [3.63, 3.8) is 0 Å². The topological polar surface area (TPSA) is 57.6 Å². The van der Waals surface area contributed by atoms with Crippen molar-refractivity contribution in [2.75, 3.05) is 6.54 Å². The molecule has 0 saturated carbocycles. The Kier molecular flexibility index (Phi) is 4.07. The quantitative estimate of drug-likeness (QED) is 0.922. The predicted molar refractivity (Wildman–Crippen MR) is 72.5 cm³/mol. The van der Waals surface area contributed by atoms with Crippen LogP contribution in [0.4, 0.5) is 0 Å². The summed E-state index contributed by atoms with van der Waals surface area (Å²) in [7, 11) is 0. The van der Waals surface area contributed by atoms with Crippen molar-refractivity contribution >= 4 is 39.1 Å². The van der Waals surface area contributed by atoms with Crippen molar-refractivity contribution in [3.05, 3.63) is 20.8 Å². The first-order valence-electron chi connectivity index (χ1n) is 5.82. The van der Waals surface area contributed by atoms with Gasteiger partial charge in [0, 0.05) is 17.8 Å². The number of thiophene rings is 1. The van der Waals surface area contributed by atoms with E-state index in [9.17, 15) is 14.7 Å². The fourth-order valence-corrected chi connectivity index (χ4v) is 3.96. The second-order valence-electron chi connectivity index (χ2n) is 4.32. The molecule has 0 aromatic carbocycles. The summed E-state index contributed by atoms with van der Waals surface area (Å²) in [6, 6.07) is 3.48. The average molecular weight is 332 g/mol. The van der Waals surface area contributed by atoms with Crippen molar-refractivity contribution in [2.24, 2.45) is 5.92 Å². The molecule has 1 saturated heterocycles. The molecule has 2 heterocycles. The molecular formula is C12H14BrNO3S. The number of carboxylic acids is 1. The lowest BCUT2D eigenvalue weighted by molar-refractivity contribution is -0.142. The van der Waals surface area contributed by atoms with E-state index in [-0.39, 0.29) is 18.4 Å². The molecule has 1 aliphatic heterocycles. The Morgan fingerprint density at radius 1 is 1.61 bits per heavy atom. The van der Waals surface area contributed by atoms with Gasteiger partial charge in [-0.15, -0.1) is 11.3 Å². The molecule has 4 nitrogen and oxygen atoms in total. The zero-order chi connectivity index (χ0) is 13.3. The fraction of sp³-hybridized carbons (Fsp3) is 0.500. The van der Waals surface area contributed by atoms with Gasteiger partial charge >= 0.3 is 5.97 Å². The number of amides is 1. The number of rotatable bonds is 4. The highest BCUT2D eigenvalue weighted by atomic mass is 79.9. The van der Waals surface area contributed by atoms with E-state index in [0.29, 0.717) is 6.54 Å². The Balaban J connectivity index is 2.35. The van der Waals surface area contributed by atoms with Crippen molar-refractivity contribution in [3.8, 4) is 0 Å². The normalized spacial score (nSPS) is 23.7. The zero-order valence-electron chi connectivity index (χ0n) is 9.93. The second kappa shape index (κ2) is 5.40. The lowest BCUT2D eigenvalue weighted by Gasteiger charge is -2.25. The number of carbonyl (C=O) groups excluding carboxylic acids is 1. The summed E-state index contributed by atoms with van der Waals surface area (Å²) < 4.78 is 0.956. The summed E-state index contributed by atoms with van der Waals surface area (Å²) in [6.45, 7) is 2.60. The van der Waals surface area contributed by atoms with Crippen LogP contribution in [0.25, 0.3) is 0 Å². The van der Waals surface area contributed by atoms with Crippen LogP contribution >= 0.6 is 27.3 Å². The van der Waals surface area contributed by atoms with Gasteiger partial charge in [0.05, 0.1) is 15.7 Å². The number of hydrogen-bond acceptors (Lipinski definition) is 3. The van der Waals surface area contributed by atoms with E-state index >= 15 is 0 Å². The lowest BCUT2D eigenvalue weighted by atomic mass is 9.99. The molecule has 1 fully saturated rings. The highest BCUT2D eigenvalue weighted by Crippen LogP contribution is 2.42. The van der Waals surface area contributed by atoms with Crippen LogP contribution in [0.5, 0.6) is 0 Å². The Labute approximate surface area is 118 Å². The molecule has 0 radical (unpaired) electrons. The molecule has 2 rings (SSSR count). The van der Waals surface area contributed by atoms with Crippen LogP contribution in [0.3, 0.4) is 0 Å². The minimum absolute atomic E-state index is 0.0567. The van der Waals surface area contributed by atoms with Gasteiger partial charge in [-0.05, 0) is 34.5 Å². The Bertz CT molecular complexity index is 474. The minimum Gasteiger partial charge on any atom is -0.481 e. The SMILES string of the molecule is CCCN1C(=O)CC(C(=O)O)C1c1ccc(Br)s1. The zero-order valence-corrected chi connectivity index (χ0v) is 12.3. The molecule has 2 unspecified atom stereocenters. The van der Waals surface area contributed by atoms with Gasteiger partial charge in [-0.2, -0.15) is 0 Å². The molecule has 0 spiro atoms. The van der Waals surface area contributed by atoms with Crippen LogP contribution in [0.1, 0.15) is 30.7 Å². The molecule has 0 aliphatic carbocycles. The van der Waals surface area contributed by atoms with Gasteiger partial charge in [0.2, 0.25) is 5.91 Å². The molecule has 1 N–H and O–H groups in total. The van der Waals surface area contributed by atoms with E-state index in [1.54, 1.807) is 4.90 Å². The lowest BCUT2D eigenvalue weighted by Crippen LogP contribution is -2.30. The van der Waals surface area contributed by atoms with E-state index in [1.807, 2.05) is 19.1 Å². The largest absolute Gasteiger partial charge is 0.481 e. The van der Waals surface area contributed by atoms with Crippen LogP contribution in [0.2, 0.25) is 0 Å². The summed E-state index contributed by atoms with van der Waals surface area (Å²) in [5.74, 6) is -1.58. The summed E-state index contributed by atoms with van der Waals surface area (Å²) in [5, 5.41) is 9.27. The molecule has 98 valence electrons. The summed E-state index contributed by atoms with van der Waals surface area (Å²) in [4.78, 5) is 25.9. The summed E-state index contributed by atoms with van der Waals surface area (Å²) in [5.41, 5.74) is 0. The maximum Gasteiger partial charge on any atom is 0.309 e. The van der Waals surface area contributed by atoms with E-state index in [1.165, 1.54) is 11.3 Å². The van der Waals surface area contributed by atoms with Crippen molar-refractivity contribution in [1.29, 1.82) is 0 Å². The third kappa shape index (κ3) is 2.44. The van der Waals surface area contributed by atoms with Gasteiger partial charge in [0.25, 0.3) is 0 Å². The van der Waals surface area contributed by atoms with Gasteiger partial charge in [0.1, 0.15) is 0 Å². The van der Waals surface area contributed by atoms with Crippen LogP contribution in [0.15, 0.2) is 15.9 Å². The average Bonchev–Trinajstić information content (AvgIpc) is 2.85. The minimum atomic E-state index is -0.892. The number of nitrogens with zero attached hydrogens (tertiary/aromatic N) is 1. The van der Waals surface area contributed by atoms with Crippen molar-refractivity contribution < 1.29 is 14.7 Å². The molecule has 1 amide bonds. The standard InChI is InChI=1S/C12H14BrNO3S/c1-2-5-14-10(15)6-7(12(16)17)11(14)8-3-4-9(13)18-8/h3-4,7,11H,2,5-6H2,1H3,(H,16,17). The number of carboxylic acid groups (broad SMARTS) is 1. The Hall–Kier alpha value is -0.880. The monoisotopic (exact) mass is 331 g/mol. The first-order chi connectivity index (χ1) is 8.54. The second-order valence-corrected chi connectivity index (χ2v) is 6.82. The number of likely N-dealkylation sites (tertiary alicyclic amines) is 1. The van der Waals surface area contributed by atoms with Gasteiger partial charge in [-0.1, -0.05) is 6.92 Å². The molecule has 1 aromatic rings. The molecule has 1 aromatic heterocycles. The number of halogens is 1. The fourth-order valence-electron chi connectivity index (χ4n) is 2.36. The van der Waals surface area contributed by atoms with Gasteiger partial charge in [-0.3, -0.25) is 9.59 Å². The van der Waals surface area contributed by atoms with Crippen LogP contribution in [-0.2, 0) is 9.59 Å². The summed E-state index contributed by atoms with van der Waals surface area (Å²) >= 11 is 4.88. The molecule has 1 aliphatic rings. The van der Waals surface area contributed by atoms with Crippen molar-refractivity contribution in [2.45, 2.75) is 25.8 Å². The van der Waals surface area contributed by atoms with Gasteiger partial charge in [-0.25, -0.2) is 0 Å². The first kappa shape index (κ1) is 13.5. The Morgan fingerprint density at radius 2 is 2.33 bits per heavy atom. The van der Waals surface area contributed by atoms with Gasteiger partial charge < -0.3 is 10.0 Å². The maximum atomic E-state index is 11.9. The molecule has 2 atom stereocenters. The number of carbonyl (C=O) groups is 2.